The third-order valence-electron chi connectivity index (χ3n) is 2.06. The normalized spacial score (nSPS) is 13.4. The Labute approximate surface area is 115 Å². The third kappa shape index (κ3) is 4.47. The number of amides is 1. The smallest absolute Gasteiger partial charge is 0.368 e. The summed E-state index contributed by atoms with van der Waals surface area (Å²) in [4.78, 5) is 11.2. The molecule has 0 aliphatic carbocycles. The maximum absolute atomic E-state index is 12.1. The van der Waals surface area contributed by atoms with Gasteiger partial charge in [0.05, 0.1) is 6.54 Å². The van der Waals surface area contributed by atoms with E-state index < -0.39 is 24.7 Å². The van der Waals surface area contributed by atoms with Crippen LogP contribution in [0.2, 0.25) is 5.02 Å². The fourth-order valence-electron chi connectivity index (χ4n) is 1.32. The summed E-state index contributed by atoms with van der Waals surface area (Å²) in [5.74, 6) is -0.915. The fraction of sp³-hybridized carbons (Fsp3) is 0.300. The van der Waals surface area contributed by atoms with Crippen molar-refractivity contribution in [2.75, 3.05) is 6.54 Å². The molecule has 0 saturated carbocycles. The molecule has 1 aromatic carbocycles. The van der Waals surface area contributed by atoms with Gasteiger partial charge in [-0.2, -0.15) is 13.2 Å². The van der Waals surface area contributed by atoms with Gasteiger partial charge < -0.3 is 5.73 Å². The first-order valence-electron chi connectivity index (χ1n) is 4.75. The maximum Gasteiger partial charge on any atom is 0.401 e. The van der Waals surface area contributed by atoms with E-state index in [4.69, 9.17) is 17.3 Å². The average Bonchev–Trinajstić information content (AvgIpc) is 2.21. The van der Waals surface area contributed by atoms with Crippen LogP contribution >= 0.6 is 27.5 Å². The van der Waals surface area contributed by atoms with Crippen LogP contribution in [0.1, 0.15) is 11.6 Å². The van der Waals surface area contributed by atoms with Crippen LogP contribution in [0.15, 0.2) is 22.7 Å². The van der Waals surface area contributed by atoms with Gasteiger partial charge in [0.25, 0.3) is 0 Å². The lowest BCUT2D eigenvalue weighted by Crippen LogP contribution is -2.39. The molecule has 0 spiro atoms. The number of carbonyl (C=O) groups excluding carboxylic acids is 1. The highest BCUT2D eigenvalue weighted by Gasteiger charge is 2.30. The van der Waals surface area contributed by atoms with Crippen molar-refractivity contribution < 1.29 is 18.0 Å². The van der Waals surface area contributed by atoms with Crippen molar-refractivity contribution in [3.8, 4) is 0 Å². The number of hydrogen-bond acceptors (Lipinski definition) is 2. The van der Waals surface area contributed by atoms with E-state index in [2.05, 4.69) is 21.2 Å². The minimum atomic E-state index is -4.43. The van der Waals surface area contributed by atoms with Crippen LogP contribution in [0.5, 0.6) is 0 Å². The molecule has 0 bridgehead atoms. The van der Waals surface area contributed by atoms with Gasteiger partial charge in [-0.05, 0) is 23.8 Å². The lowest BCUT2D eigenvalue weighted by atomic mass is 10.1. The molecule has 1 unspecified atom stereocenters. The van der Waals surface area contributed by atoms with Gasteiger partial charge in [-0.1, -0.05) is 27.5 Å². The summed E-state index contributed by atoms with van der Waals surface area (Å²) in [7, 11) is 0. The molecule has 0 saturated heterocycles. The Morgan fingerprint density at radius 1 is 1.50 bits per heavy atom. The number of nitrogens with one attached hydrogen (secondary N) is 1. The number of alkyl halides is 3. The number of halogens is 5. The Bertz CT molecular complexity index is 453. The van der Waals surface area contributed by atoms with Crippen molar-refractivity contribution in [1.29, 1.82) is 0 Å². The summed E-state index contributed by atoms with van der Waals surface area (Å²) in [5, 5.41) is 2.35. The highest BCUT2D eigenvalue weighted by molar-refractivity contribution is 9.10. The van der Waals surface area contributed by atoms with Crippen molar-refractivity contribution >= 4 is 33.4 Å². The molecule has 0 aromatic heterocycles. The minimum absolute atomic E-state index is 0.263. The molecular weight excluding hydrogens is 336 g/mol. The molecule has 100 valence electrons. The molecule has 1 atom stereocenters. The highest BCUT2D eigenvalue weighted by atomic mass is 79.9. The van der Waals surface area contributed by atoms with Gasteiger partial charge in [-0.3, -0.25) is 10.1 Å². The molecule has 1 aromatic rings. The van der Waals surface area contributed by atoms with E-state index in [0.29, 0.717) is 9.50 Å². The second-order valence-corrected chi connectivity index (χ2v) is 4.79. The van der Waals surface area contributed by atoms with E-state index in [-0.39, 0.29) is 5.56 Å². The number of primary amides is 1. The van der Waals surface area contributed by atoms with Gasteiger partial charge in [0.15, 0.2) is 0 Å². The van der Waals surface area contributed by atoms with Gasteiger partial charge in [0.2, 0.25) is 5.91 Å². The Kier molecular flexibility index (Phi) is 5.01. The van der Waals surface area contributed by atoms with Crippen LogP contribution in [-0.2, 0) is 4.79 Å². The number of nitrogens with two attached hydrogens (primary N) is 1. The number of carbonyl (C=O) groups is 1. The van der Waals surface area contributed by atoms with Gasteiger partial charge in [0.1, 0.15) is 6.04 Å². The zero-order valence-corrected chi connectivity index (χ0v) is 11.2. The van der Waals surface area contributed by atoms with E-state index in [1.807, 2.05) is 0 Å². The Hall–Kier alpha value is -0.790. The largest absolute Gasteiger partial charge is 0.401 e. The second-order valence-electron chi connectivity index (χ2n) is 3.50. The summed E-state index contributed by atoms with van der Waals surface area (Å²) < 4.78 is 36.8. The summed E-state index contributed by atoms with van der Waals surface area (Å²) in [6.45, 7) is -1.32. The summed E-state index contributed by atoms with van der Waals surface area (Å²) >= 11 is 8.86. The van der Waals surface area contributed by atoms with E-state index in [9.17, 15) is 18.0 Å². The zero-order chi connectivity index (χ0) is 13.9. The molecule has 0 heterocycles. The SMILES string of the molecule is NC(=O)C(NCC(F)(F)F)c1cc(Cl)ccc1Br. The lowest BCUT2D eigenvalue weighted by Gasteiger charge is -2.18. The fourth-order valence-corrected chi connectivity index (χ4v) is 1.97. The lowest BCUT2D eigenvalue weighted by molar-refractivity contribution is -0.130. The van der Waals surface area contributed by atoms with E-state index in [1.54, 1.807) is 0 Å². The molecule has 0 fully saturated rings. The standard InChI is InChI=1S/C10H9BrClF3N2O/c11-7-2-1-5(12)3-6(7)8(9(16)18)17-4-10(13,14)15/h1-3,8,17H,4H2,(H2,16,18). The van der Waals surface area contributed by atoms with Gasteiger partial charge in [0, 0.05) is 9.50 Å². The molecular formula is C10H9BrClF3N2O. The Morgan fingerprint density at radius 3 is 2.61 bits per heavy atom. The predicted octanol–water partition coefficient (Wildman–Crippen LogP) is 2.78. The molecule has 1 rings (SSSR count). The molecule has 3 N–H and O–H groups in total. The van der Waals surface area contributed by atoms with E-state index in [1.165, 1.54) is 18.2 Å². The minimum Gasteiger partial charge on any atom is -0.368 e. The van der Waals surface area contributed by atoms with Crippen LogP contribution in [0, 0.1) is 0 Å². The second kappa shape index (κ2) is 5.90. The summed E-state index contributed by atoms with van der Waals surface area (Å²) in [6.07, 6.45) is -4.43. The van der Waals surface area contributed by atoms with E-state index >= 15 is 0 Å². The monoisotopic (exact) mass is 344 g/mol. The molecule has 1 amide bonds. The molecule has 0 aliphatic rings. The van der Waals surface area contributed by atoms with Crippen molar-refractivity contribution in [1.82, 2.24) is 5.32 Å². The van der Waals surface area contributed by atoms with Crippen LogP contribution in [0.4, 0.5) is 13.2 Å². The first kappa shape index (κ1) is 15.3. The first-order chi connectivity index (χ1) is 8.20. The molecule has 8 heteroatoms. The topological polar surface area (TPSA) is 55.1 Å². The average molecular weight is 346 g/mol. The quantitative estimate of drug-likeness (QED) is 0.882. The van der Waals surface area contributed by atoms with Crippen molar-refractivity contribution in [3.05, 3.63) is 33.3 Å². The van der Waals surface area contributed by atoms with Crippen molar-refractivity contribution in [2.45, 2.75) is 12.2 Å². The Balaban J connectivity index is 2.98. The predicted molar refractivity (Wildman–Crippen MR) is 65.1 cm³/mol. The van der Waals surface area contributed by atoms with Gasteiger partial charge in [-0.25, -0.2) is 0 Å². The molecule has 0 radical (unpaired) electrons. The molecule has 0 aliphatic heterocycles. The van der Waals surface area contributed by atoms with Crippen molar-refractivity contribution in [2.24, 2.45) is 5.73 Å². The van der Waals surface area contributed by atoms with Gasteiger partial charge in [-0.15, -0.1) is 0 Å². The maximum atomic E-state index is 12.1. The zero-order valence-electron chi connectivity index (χ0n) is 8.89. The molecule has 18 heavy (non-hydrogen) atoms. The highest BCUT2D eigenvalue weighted by Crippen LogP contribution is 2.27. The van der Waals surface area contributed by atoms with Crippen LogP contribution in [0.25, 0.3) is 0 Å². The number of benzene rings is 1. The molecule has 3 nitrogen and oxygen atoms in total. The summed E-state index contributed by atoms with van der Waals surface area (Å²) in [6, 6.07) is 3.18. The number of rotatable bonds is 4. The van der Waals surface area contributed by atoms with Crippen LogP contribution in [-0.4, -0.2) is 18.6 Å². The van der Waals surface area contributed by atoms with Crippen LogP contribution in [0.3, 0.4) is 0 Å². The Morgan fingerprint density at radius 2 is 2.11 bits per heavy atom. The van der Waals surface area contributed by atoms with E-state index in [0.717, 1.165) is 0 Å². The summed E-state index contributed by atoms with van der Waals surface area (Å²) in [5.41, 5.74) is 5.35. The first-order valence-corrected chi connectivity index (χ1v) is 5.92. The van der Waals surface area contributed by atoms with Gasteiger partial charge >= 0.3 is 6.18 Å². The number of hydrogen-bond donors (Lipinski definition) is 2. The van der Waals surface area contributed by atoms with Crippen LogP contribution < -0.4 is 11.1 Å². The third-order valence-corrected chi connectivity index (χ3v) is 3.02. The van der Waals surface area contributed by atoms with Crippen molar-refractivity contribution in [3.63, 3.8) is 0 Å².